The third kappa shape index (κ3) is 2.05. The molecule has 1 aliphatic rings. The Balaban J connectivity index is 2.02. The van der Waals surface area contributed by atoms with Gasteiger partial charge in [0.05, 0.1) is 6.04 Å². The highest BCUT2D eigenvalue weighted by molar-refractivity contribution is 6.06. The minimum atomic E-state index is -0.0450. The molecule has 0 spiro atoms. The first-order valence-corrected chi connectivity index (χ1v) is 6.24. The zero-order valence-corrected chi connectivity index (χ0v) is 10.6. The minimum Gasteiger partial charge on any atom is -0.488 e. The molecule has 1 aromatic carbocycles. The number of nitrogens with zero attached hydrogens (tertiary/aromatic N) is 2. The first-order chi connectivity index (χ1) is 9.27. The molecule has 0 saturated carbocycles. The second kappa shape index (κ2) is 4.72. The van der Waals surface area contributed by atoms with Crippen LogP contribution in [0.3, 0.4) is 0 Å². The first kappa shape index (κ1) is 11.7. The first-order valence-electron chi connectivity index (χ1n) is 6.24. The molecule has 0 radical (unpaired) electrons. The maximum absolute atomic E-state index is 12.6. The van der Waals surface area contributed by atoms with E-state index in [9.17, 15) is 4.79 Å². The van der Waals surface area contributed by atoms with Gasteiger partial charge in [-0.15, -0.1) is 0 Å². The van der Waals surface area contributed by atoms with Crippen LogP contribution in [0.2, 0.25) is 0 Å². The van der Waals surface area contributed by atoms with Crippen molar-refractivity contribution in [2.75, 3.05) is 11.5 Å². The largest absolute Gasteiger partial charge is 0.488 e. The summed E-state index contributed by atoms with van der Waals surface area (Å²) in [5.41, 5.74) is 0.660. The van der Waals surface area contributed by atoms with Crippen molar-refractivity contribution < 1.29 is 9.53 Å². The van der Waals surface area contributed by atoms with Crippen molar-refractivity contribution in [3.63, 3.8) is 0 Å². The van der Waals surface area contributed by atoms with Crippen LogP contribution in [0.15, 0.2) is 48.7 Å². The molecule has 3 rings (SSSR count). The molecule has 2 aromatic rings. The van der Waals surface area contributed by atoms with Gasteiger partial charge in [-0.3, -0.25) is 9.69 Å². The minimum absolute atomic E-state index is 0.0323. The number of carbonyl (C=O) groups is 1. The molecule has 4 nitrogen and oxygen atoms in total. The normalized spacial score (nSPS) is 17.5. The fourth-order valence-electron chi connectivity index (χ4n) is 2.19. The summed E-state index contributed by atoms with van der Waals surface area (Å²) in [7, 11) is 0. The van der Waals surface area contributed by atoms with Gasteiger partial charge in [0.15, 0.2) is 11.6 Å². The number of hydrogen-bond acceptors (Lipinski definition) is 3. The molecular weight excluding hydrogens is 240 g/mol. The van der Waals surface area contributed by atoms with Crippen LogP contribution in [0.25, 0.3) is 0 Å². The molecule has 0 aliphatic carbocycles. The van der Waals surface area contributed by atoms with Gasteiger partial charge in [0.1, 0.15) is 6.61 Å². The van der Waals surface area contributed by atoms with E-state index in [0.717, 1.165) is 0 Å². The van der Waals surface area contributed by atoms with E-state index in [0.29, 0.717) is 23.7 Å². The number of anilines is 1. The van der Waals surface area contributed by atoms with Gasteiger partial charge in [-0.2, -0.15) is 0 Å². The van der Waals surface area contributed by atoms with E-state index in [4.69, 9.17) is 4.74 Å². The quantitative estimate of drug-likeness (QED) is 0.785. The van der Waals surface area contributed by atoms with E-state index in [2.05, 4.69) is 4.98 Å². The SMILES string of the molecule is CC1COc2cccnc2N1C(=O)c1ccccc1. The lowest BCUT2D eigenvalue weighted by molar-refractivity contribution is 0.0959. The number of rotatable bonds is 1. The van der Waals surface area contributed by atoms with E-state index >= 15 is 0 Å². The van der Waals surface area contributed by atoms with Crippen LogP contribution in [-0.4, -0.2) is 23.5 Å². The maximum Gasteiger partial charge on any atom is 0.259 e. The molecule has 1 atom stereocenters. The van der Waals surface area contributed by atoms with Gasteiger partial charge in [-0.25, -0.2) is 4.98 Å². The van der Waals surface area contributed by atoms with Gasteiger partial charge in [-0.05, 0) is 31.2 Å². The van der Waals surface area contributed by atoms with E-state index in [1.807, 2.05) is 43.3 Å². The molecule has 1 aliphatic heterocycles. The number of aromatic nitrogens is 1. The summed E-state index contributed by atoms with van der Waals surface area (Å²) >= 11 is 0. The van der Waals surface area contributed by atoms with Gasteiger partial charge < -0.3 is 4.74 Å². The molecule has 19 heavy (non-hydrogen) atoms. The molecule has 1 amide bonds. The number of carbonyl (C=O) groups excluding carboxylic acids is 1. The Morgan fingerprint density at radius 1 is 1.26 bits per heavy atom. The molecule has 0 fully saturated rings. The number of pyridine rings is 1. The molecule has 96 valence electrons. The molecular formula is C15H14N2O2. The molecule has 1 unspecified atom stereocenters. The summed E-state index contributed by atoms with van der Waals surface area (Å²) in [6.07, 6.45) is 1.67. The van der Waals surface area contributed by atoms with Gasteiger partial charge in [-0.1, -0.05) is 18.2 Å². The van der Waals surface area contributed by atoms with E-state index < -0.39 is 0 Å². The Labute approximate surface area is 111 Å². The fraction of sp³-hybridized carbons (Fsp3) is 0.200. The lowest BCUT2D eigenvalue weighted by atomic mass is 10.1. The fourth-order valence-corrected chi connectivity index (χ4v) is 2.19. The standard InChI is InChI=1S/C15H14N2O2/c1-11-10-19-13-8-5-9-16-14(13)17(11)15(18)12-6-3-2-4-7-12/h2-9,11H,10H2,1H3. The second-order valence-electron chi connectivity index (χ2n) is 4.53. The highest BCUT2D eigenvalue weighted by atomic mass is 16.5. The Morgan fingerprint density at radius 3 is 2.84 bits per heavy atom. The van der Waals surface area contributed by atoms with Crippen LogP contribution in [-0.2, 0) is 0 Å². The summed E-state index contributed by atoms with van der Waals surface area (Å²) < 4.78 is 5.60. The lowest BCUT2D eigenvalue weighted by Gasteiger charge is -2.33. The maximum atomic E-state index is 12.6. The molecule has 2 heterocycles. The average Bonchev–Trinajstić information content (AvgIpc) is 2.47. The van der Waals surface area contributed by atoms with Gasteiger partial charge in [0, 0.05) is 11.8 Å². The lowest BCUT2D eigenvalue weighted by Crippen LogP contribution is -2.45. The smallest absolute Gasteiger partial charge is 0.259 e. The van der Waals surface area contributed by atoms with Crippen LogP contribution in [0.1, 0.15) is 17.3 Å². The zero-order valence-electron chi connectivity index (χ0n) is 10.6. The summed E-state index contributed by atoms with van der Waals surface area (Å²) in [5, 5.41) is 0. The monoisotopic (exact) mass is 254 g/mol. The van der Waals surface area contributed by atoms with E-state index in [-0.39, 0.29) is 11.9 Å². The topological polar surface area (TPSA) is 42.4 Å². The number of ether oxygens (including phenoxy) is 1. The van der Waals surface area contributed by atoms with E-state index in [1.165, 1.54) is 0 Å². The molecule has 1 aromatic heterocycles. The van der Waals surface area contributed by atoms with Gasteiger partial charge in [0.2, 0.25) is 0 Å². The van der Waals surface area contributed by atoms with Crippen molar-refractivity contribution in [3.8, 4) is 5.75 Å². The summed E-state index contributed by atoms with van der Waals surface area (Å²) in [4.78, 5) is 18.6. The van der Waals surface area contributed by atoms with Crippen molar-refractivity contribution in [1.82, 2.24) is 4.98 Å². The predicted octanol–water partition coefficient (Wildman–Crippen LogP) is 2.51. The van der Waals surface area contributed by atoms with E-state index in [1.54, 1.807) is 17.2 Å². The zero-order chi connectivity index (χ0) is 13.2. The second-order valence-corrected chi connectivity index (χ2v) is 4.53. The van der Waals surface area contributed by atoms with Crippen molar-refractivity contribution in [2.45, 2.75) is 13.0 Å². The average molecular weight is 254 g/mol. The Kier molecular flexibility index (Phi) is 2.91. The number of hydrogen-bond donors (Lipinski definition) is 0. The van der Waals surface area contributed by atoms with Crippen LogP contribution < -0.4 is 9.64 Å². The molecule has 0 bridgehead atoms. The third-order valence-corrected chi connectivity index (χ3v) is 3.14. The summed E-state index contributed by atoms with van der Waals surface area (Å²) in [6.45, 7) is 2.44. The number of fused-ring (bicyclic) bond motifs is 1. The number of benzene rings is 1. The number of amides is 1. The van der Waals surface area contributed by atoms with Crippen LogP contribution in [0.5, 0.6) is 5.75 Å². The predicted molar refractivity (Wildman–Crippen MR) is 72.4 cm³/mol. The highest BCUT2D eigenvalue weighted by Crippen LogP contribution is 2.32. The van der Waals surface area contributed by atoms with Crippen molar-refractivity contribution in [1.29, 1.82) is 0 Å². The van der Waals surface area contributed by atoms with Gasteiger partial charge >= 0.3 is 0 Å². The summed E-state index contributed by atoms with van der Waals surface area (Å²) in [6, 6.07) is 12.8. The third-order valence-electron chi connectivity index (χ3n) is 3.14. The van der Waals surface area contributed by atoms with Gasteiger partial charge in [0.25, 0.3) is 5.91 Å². The Bertz CT molecular complexity index is 598. The van der Waals surface area contributed by atoms with Crippen LogP contribution in [0, 0.1) is 0 Å². The molecule has 0 saturated heterocycles. The van der Waals surface area contributed by atoms with Crippen LogP contribution >= 0.6 is 0 Å². The van der Waals surface area contributed by atoms with Crippen molar-refractivity contribution in [3.05, 3.63) is 54.2 Å². The molecule has 0 N–H and O–H groups in total. The van der Waals surface area contributed by atoms with Crippen LogP contribution in [0.4, 0.5) is 5.82 Å². The Morgan fingerprint density at radius 2 is 2.05 bits per heavy atom. The summed E-state index contributed by atoms with van der Waals surface area (Å²) in [5.74, 6) is 1.20. The van der Waals surface area contributed by atoms with Crippen molar-refractivity contribution in [2.24, 2.45) is 0 Å². The highest BCUT2D eigenvalue weighted by Gasteiger charge is 2.31. The Hall–Kier alpha value is -2.36. The van der Waals surface area contributed by atoms with Crippen molar-refractivity contribution >= 4 is 11.7 Å². The molecule has 4 heteroatoms.